The molecule has 3 aromatic rings. The Kier molecular flexibility index (Phi) is 5.73. The van der Waals surface area contributed by atoms with Crippen molar-refractivity contribution in [2.45, 2.75) is 37.2 Å². The van der Waals surface area contributed by atoms with Crippen molar-refractivity contribution in [3.63, 3.8) is 0 Å². The molecule has 1 atom stereocenters. The van der Waals surface area contributed by atoms with Gasteiger partial charge in [-0.25, -0.2) is 8.42 Å². The van der Waals surface area contributed by atoms with Gasteiger partial charge in [0.05, 0.1) is 18.0 Å². The minimum Gasteiger partial charge on any atom is -0.392 e. The first-order valence-electron chi connectivity index (χ1n) is 10.1. The zero-order valence-electron chi connectivity index (χ0n) is 17.2. The second-order valence-corrected chi connectivity index (χ2v) is 9.67. The smallest absolute Gasteiger partial charge is 0.246 e. The molecule has 1 fully saturated rings. The van der Waals surface area contributed by atoms with Gasteiger partial charge in [-0.3, -0.25) is 9.67 Å². The van der Waals surface area contributed by atoms with E-state index in [9.17, 15) is 13.5 Å². The Morgan fingerprint density at radius 1 is 1.20 bits per heavy atom. The number of aliphatic hydroxyl groups excluding tert-OH is 1. The summed E-state index contributed by atoms with van der Waals surface area (Å²) in [6.45, 7) is 2.62. The van der Waals surface area contributed by atoms with Crippen LogP contribution in [0.4, 0.5) is 0 Å². The van der Waals surface area contributed by atoms with Gasteiger partial charge in [0.15, 0.2) is 0 Å². The first-order valence-corrected chi connectivity index (χ1v) is 11.5. The van der Waals surface area contributed by atoms with E-state index >= 15 is 0 Å². The Labute approximate surface area is 177 Å². The summed E-state index contributed by atoms with van der Waals surface area (Å²) in [7, 11) is -1.86. The molecule has 1 aliphatic heterocycles. The van der Waals surface area contributed by atoms with Crippen LogP contribution in [0.25, 0.3) is 11.3 Å². The summed E-state index contributed by atoms with van der Waals surface area (Å²) < 4.78 is 29.5. The summed E-state index contributed by atoms with van der Waals surface area (Å²) >= 11 is 0. The third kappa shape index (κ3) is 4.03. The normalized spacial score (nSPS) is 17.9. The molecule has 0 bridgehead atoms. The van der Waals surface area contributed by atoms with E-state index in [0.29, 0.717) is 18.8 Å². The Hall–Kier alpha value is -2.55. The molecule has 4 rings (SSSR count). The highest BCUT2D eigenvalue weighted by Crippen LogP contribution is 2.31. The lowest BCUT2D eigenvalue weighted by Gasteiger charge is -2.31. The standard InChI is InChI=1S/C22H26N4O3S/c1-16-22(14-25(2)24-16)30(28,29)26-11-5-8-19(13-26)21-10-4-9-20(23-21)18-7-3-6-17(12-18)15-27/h3-4,6-7,9-10,12,14,19,27H,5,8,11,13,15H2,1-2H3/t19-/m0/s1. The number of piperidine rings is 1. The number of rotatable bonds is 5. The van der Waals surface area contributed by atoms with E-state index in [-0.39, 0.29) is 17.4 Å². The van der Waals surface area contributed by atoms with Crippen LogP contribution in [0.1, 0.15) is 35.7 Å². The number of hydrogen-bond donors (Lipinski definition) is 1. The van der Waals surface area contributed by atoms with Gasteiger partial charge in [0.1, 0.15) is 4.90 Å². The summed E-state index contributed by atoms with van der Waals surface area (Å²) in [5.74, 6) is 0.0338. The Morgan fingerprint density at radius 3 is 2.73 bits per heavy atom. The first kappa shape index (κ1) is 20.7. The lowest BCUT2D eigenvalue weighted by Crippen LogP contribution is -2.39. The highest BCUT2D eigenvalue weighted by molar-refractivity contribution is 7.89. The van der Waals surface area contributed by atoms with Crippen LogP contribution in [0.2, 0.25) is 0 Å². The van der Waals surface area contributed by atoms with Crippen molar-refractivity contribution in [1.82, 2.24) is 19.1 Å². The molecule has 1 aromatic carbocycles. The molecule has 158 valence electrons. The third-order valence-electron chi connectivity index (χ3n) is 5.56. The van der Waals surface area contributed by atoms with Crippen molar-refractivity contribution >= 4 is 10.0 Å². The molecule has 0 amide bonds. The number of benzene rings is 1. The maximum absolute atomic E-state index is 13.2. The van der Waals surface area contributed by atoms with E-state index in [1.165, 1.54) is 4.68 Å². The van der Waals surface area contributed by atoms with E-state index < -0.39 is 10.0 Å². The first-order chi connectivity index (χ1) is 14.4. The van der Waals surface area contributed by atoms with E-state index in [2.05, 4.69) is 5.10 Å². The highest BCUT2D eigenvalue weighted by Gasteiger charge is 2.33. The van der Waals surface area contributed by atoms with Gasteiger partial charge < -0.3 is 5.11 Å². The Balaban J connectivity index is 1.60. The van der Waals surface area contributed by atoms with Gasteiger partial charge in [-0.2, -0.15) is 9.40 Å². The van der Waals surface area contributed by atoms with Crippen molar-refractivity contribution in [2.24, 2.45) is 7.05 Å². The number of sulfonamides is 1. The summed E-state index contributed by atoms with van der Waals surface area (Å²) in [6.07, 6.45) is 3.25. The molecule has 1 N–H and O–H groups in total. The molecule has 0 spiro atoms. The van der Waals surface area contributed by atoms with Gasteiger partial charge in [0.2, 0.25) is 10.0 Å². The molecule has 0 unspecified atom stereocenters. The van der Waals surface area contributed by atoms with E-state index in [0.717, 1.165) is 35.4 Å². The molecular weight excluding hydrogens is 400 g/mol. The van der Waals surface area contributed by atoms with E-state index in [1.807, 2.05) is 42.5 Å². The molecule has 30 heavy (non-hydrogen) atoms. The van der Waals surface area contributed by atoms with Crippen LogP contribution in [0.3, 0.4) is 0 Å². The van der Waals surface area contributed by atoms with Gasteiger partial charge in [0, 0.05) is 43.5 Å². The predicted molar refractivity (Wildman–Crippen MR) is 114 cm³/mol. The average molecular weight is 427 g/mol. The van der Waals surface area contributed by atoms with Crippen molar-refractivity contribution in [1.29, 1.82) is 0 Å². The van der Waals surface area contributed by atoms with Crippen LogP contribution in [-0.2, 0) is 23.7 Å². The fraction of sp³-hybridized carbons (Fsp3) is 0.364. The fourth-order valence-electron chi connectivity index (χ4n) is 4.04. The molecular formula is C22H26N4O3S. The van der Waals surface area contributed by atoms with Crippen molar-refractivity contribution in [3.05, 3.63) is 65.6 Å². The van der Waals surface area contributed by atoms with Crippen LogP contribution in [0.15, 0.2) is 53.6 Å². The summed E-state index contributed by atoms with van der Waals surface area (Å²) in [5.41, 5.74) is 4.01. The predicted octanol–water partition coefficient (Wildman–Crippen LogP) is 2.85. The second-order valence-electron chi connectivity index (χ2n) is 7.76. The lowest BCUT2D eigenvalue weighted by molar-refractivity contribution is 0.282. The summed E-state index contributed by atoms with van der Waals surface area (Å²) in [5, 5.41) is 13.6. The van der Waals surface area contributed by atoms with Gasteiger partial charge in [-0.15, -0.1) is 0 Å². The van der Waals surface area contributed by atoms with Gasteiger partial charge in [-0.05, 0) is 43.5 Å². The molecule has 0 saturated carbocycles. The molecule has 2 aromatic heterocycles. The number of hydrogen-bond acceptors (Lipinski definition) is 5. The van der Waals surface area contributed by atoms with Crippen molar-refractivity contribution in [2.75, 3.05) is 13.1 Å². The monoisotopic (exact) mass is 426 g/mol. The Morgan fingerprint density at radius 2 is 2.00 bits per heavy atom. The highest BCUT2D eigenvalue weighted by atomic mass is 32.2. The van der Waals surface area contributed by atoms with Crippen LogP contribution in [0.5, 0.6) is 0 Å². The van der Waals surface area contributed by atoms with Crippen LogP contribution in [0, 0.1) is 6.92 Å². The third-order valence-corrected chi connectivity index (χ3v) is 7.53. The molecule has 8 heteroatoms. The van der Waals surface area contributed by atoms with E-state index in [1.54, 1.807) is 24.5 Å². The molecule has 0 radical (unpaired) electrons. The number of aliphatic hydroxyl groups is 1. The molecule has 3 heterocycles. The fourth-order valence-corrected chi connectivity index (χ4v) is 5.76. The number of aryl methyl sites for hydroxylation is 2. The van der Waals surface area contributed by atoms with Crippen LogP contribution < -0.4 is 0 Å². The maximum atomic E-state index is 13.2. The largest absolute Gasteiger partial charge is 0.392 e. The lowest BCUT2D eigenvalue weighted by atomic mass is 9.95. The topological polar surface area (TPSA) is 88.3 Å². The second kappa shape index (κ2) is 8.29. The Bertz CT molecular complexity index is 1160. The van der Waals surface area contributed by atoms with E-state index in [4.69, 9.17) is 4.98 Å². The molecule has 1 aliphatic rings. The summed E-state index contributed by atoms with van der Waals surface area (Å²) in [4.78, 5) is 5.10. The van der Waals surface area contributed by atoms with Gasteiger partial charge in [0.25, 0.3) is 0 Å². The average Bonchev–Trinajstić information content (AvgIpc) is 3.12. The zero-order chi connectivity index (χ0) is 21.3. The summed E-state index contributed by atoms with van der Waals surface area (Å²) in [6, 6.07) is 13.5. The molecule has 7 nitrogen and oxygen atoms in total. The van der Waals surface area contributed by atoms with Crippen LogP contribution >= 0.6 is 0 Å². The van der Waals surface area contributed by atoms with Crippen molar-refractivity contribution < 1.29 is 13.5 Å². The maximum Gasteiger partial charge on any atom is 0.246 e. The molecule has 0 aliphatic carbocycles. The van der Waals surface area contributed by atoms with Gasteiger partial charge >= 0.3 is 0 Å². The number of pyridine rings is 1. The van der Waals surface area contributed by atoms with Gasteiger partial charge in [-0.1, -0.05) is 24.3 Å². The number of nitrogens with zero attached hydrogens (tertiary/aromatic N) is 4. The SMILES string of the molecule is Cc1nn(C)cc1S(=O)(=O)N1CCC[C@H](c2cccc(-c3cccc(CO)c3)n2)C1. The minimum absolute atomic E-state index is 0.0171. The molecule has 1 saturated heterocycles. The quantitative estimate of drug-likeness (QED) is 0.678. The zero-order valence-corrected chi connectivity index (χ0v) is 18.0. The van der Waals surface area contributed by atoms with Crippen molar-refractivity contribution in [3.8, 4) is 11.3 Å². The van der Waals surface area contributed by atoms with Crippen LogP contribution in [-0.4, -0.2) is 45.7 Å². The minimum atomic E-state index is -3.59. The number of aromatic nitrogens is 3.